The summed E-state index contributed by atoms with van der Waals surface area (Å²) in [5.74, 6) is -0.0914. The van der Waals surface area contributed by atoms with Gasteiger partial charge in [0.1, 0.15) is 0 Å². The molecule has 2 unspecified atom stereocenters. The second-order valence-electron chi connectivity index (χ2n) is 5.46. The Morgan fingerprint density at radius 2 is 2.14 bits per heavy atom. The molecule has 2 atom stereocenters. The number of primary amides is 1. The highest BCUT2D eigenvalue weighted by atomic mass is 16.1. The summed E-state index contributed by atoms with van der Waals surface area (Å²) in [5, 5.41) is 3.36. The van der Waals surface area contributed by atoms with Crippen LogP contribution in [0.5, 0.6) is 0 Å². The normalized spacial score (nSPS) is 27.9. The Morgan fingerprint density at radius 3 is 2.64 bits per heavy atom. The van der Waals surface area contributed by atoms with Crippen molar-refractivity contribution in [2.45, 2.75) is 46.1 Å². The molecule has 1 saturated heterocycles. The Morgan fingerprint density at radius 1 is 1.50 bits per heavy atom. The highest BCUT2D eigenvalue weighted by Gasteiger charge is 2.31. The molecule has 0 bridgehead atoms. The van der Waals surface area contributed by atoms with Crippen molar-refractivity contribution < 1.29 is 4.79 Å². The van der Waals surface area contributed by atoms with E-state index in [1.807, 2.05) is 0 Å². The van der Waals surface area contributed by atoms with Crippen LogP contribution >= 0.6 is 0 Å². The largest absolute Gasteiger partial charge is 0.369 e. The van der Waals surface area contributed by atoms with Gasteiger partial charge in [-0.2, -0.15) is 0 Å². The number of hydrogen-bond acceptors (Lipinski definition) is 2. The SMILES string of the molecule is CC(C)(C)CCC1NCCC1C(N)=O. The molecule has 3 nitrogen and oxygen atoms in total. The Balaban J connectivity index is 2.40. The van der Waals surface area contributed by atoms with Crippen molar-refractivity contribution in [1.29, 1.82) is 0 Å². The van der Waals surface area contributed by atoms with Gasteiger partial charge in [0.05, 0.1) is 5.92 Å². The number of carbonyl (C=O) groups excluding carboxylic acids is 1. The Labute approximate surface area is 86.4 Å². The van der Waals surface area contributed by atoms with E-state index in [9.17, 15) is 4.79 Å². The minimum Gasteiger partial charge on any atom is -0.369 e. The van der Waals surface area contributed by atoms with Crippen molar-refractivity contribution in [1.82, 2.24) is 5.32 Å². The zero-order chi connectivity index (χ0) is 10.8. The number of nitrogens with two attached hydrogens (primary N) is 1. The molecule has 0 aliphatic carbocycles. The molecule has 0 aromatic heterocycles. The second-order valence-corrected chi connectivity index (χ2v) is 5.46. The lowest BCUT2D eigenvalue weighted by atomic mass is 9.86. The standard InChI is InChI=1S/C11H22N2O/c1-11(2,3)6-4-9-8(10(12)14)5-7-13-9/h8-9,13H,4-7H2,1-3H3,(H2,12,14). The molecule has 14 heavy (non-hydrogen) atoms. The molecular weight excluding hydrogens is 176 g/mol. The average Bonchev–Trinajstić information content (AvgIpc) is 2.46. The van der Waals surface area contributed by atoms with Gasteiger partial charge in [0, 0.05) is 6.04 Å². The molecule has 1 rings (SSSR count). The van der Waals surface area contributed by atoms with E-state index in [0.717, 1.165) is 25.8 Å². The van der Waals surface area contributed by atoms with Crippen molar-refractivity contribution in [2.75, 3.05) is 6.54 Å². The summed E-state index contributed by atoms with van der Waals surface area (Å²) in [6, 6.07) is 0.312. The first-order chi connectivity index (χ1) is 6.40. The minimum absolute atomic E-state index is 0.0531. The van der Waals surface area contributed by atoms with Crippen LogP contribution < -0.4 is 11.1 Å². The Bertz CT molecular complexity index is 208. The summed E-state index contributed by atoms with van der Waals surface area (Å²) in [5.41, 5.74) is 5.69. The molecule has 0 radical (unpaired) electrons. The molecule has 82 valence electrons. The molecule has 0 aromatic carbocycles. The smallest absolute Gasteiger partial charge is 0.222 e. The lowest BCUT2D eigenvalue weighted by Gasteiger charge is -2.23. The van der Waals surface area contributed by atoms with Crippen LogP contribution in [0.1, 0.15) is 40.0 Å². The van der Waals surface area contributed by atoms with Crippen molar-refractivity contribution in [2.24, 2.45) is 17.1 Å². The lowest BCUT2D eigenvalue weighted by molar-refractivity contribution is -0.122. The highest BCUT2D eigenvalue weighted by molar-refractivity contribution is 5.77. The number of amides is 1. The van der Waals surface area contributed by atoms with E-state index in [0.29, 0.717) is 11.5 Å². The van der Waals surface area contributed by atoms with Gasteiger partial charge in [0.2, 0.25) is 5.91 Å². The van der Waals surface area contributed by atoms with Gasteiger partial charge in [0.15, 0.2) is 0 Å². The third kappa shape index (κ3) is 3.29. The zero-order valence-corrected chi connectivity index (χ0v) is 9.47. The van der Waals surface area contributed by atoms with Crippen LogP contribution in [0.4, 0.5) is 0 Å². The molecule has 1 heterocycles. The van der Waals surface area contributed by atoms with Crippen LogP contribution in [0.25, 0.3) is 0 Å². The van der Waals surface area contributed by atoms with Gasteiger partial charge in [-0.05, 0) is 31.2 Å². The molecule has 1 aliphatic rings. The minimum atomic E-state index is -0.145. The van der Waals surface area contributed by atoms with Crippen LogP contribution in [0, 0.1) is 11.3 Å². The monoisotopic (exact) mass is 198 g/mol. The number of carbonyl (C=O) groups is 1. The maximum Gasteiger partial charge on any atom is 0.222 e. The fraction of sp³-hybridized carbons (Fsp3) is 0.909. The van der Waals surface area contributed by atoms with E-state index in [1.165, 1.54) is 0 Å². The summed E-state index contributed by atoms with van der Waals surface area (Å²) in [6.45, 7) is 7.60. The van der Waals surface area contributed by atoms with Gasteiger partial charge < -0.3 is 11.1 Å². The van der Waals surface area contributed by atoms with E-state index in [1.54, 1.807) is 0 Å². The van der Waals surface area contributed by atoms with Gasteiger partial charge in [0.25, 0.3) is 0 Å². The highest BCUT2D eigenvalue weighted by Crippen LogP contribution is 2.26. The molecule has 0 spiro atoms. The molecule has 1 aliphatic heterocycles. The van der Waals surface area contributed by atoms with E-state index in [2.05, 4.69) is 26.1 Å². The van der Waals surface area contributed by atoms with Crippen LogP contribution in [-0.2, 0) is 4.79 Å². The summed E-state index contributed by atoms with van der Waals surface area (Å²) in [4.78, 5) is 11.1. The van der Waals surface area contributed by atoms with Crippen molar-refractivity contribution in [3.63, 3.8) is 0 Å². The number of hydrogen-bond donors (Lipinski definition) is 2. The van der Waals surface area contributed by atoms with E-state index >= 15 is 0 Å². The van der Waals surface area contributed by atoms with Gasteiger partial charge >= 0.3 is 0 Å². The maximum absolute atomic E-state index is 11.1. The summed E-state index contributed by atoms with van der Waals surface area (Å²) < 4.78 is 0. The van der Waals surface area contributed by atoms with E-state index in [-0.39, 0.29) is 11.8 Å². The first-order valence-corrected chi connectivity index (χ1v) is 5.43. The van der Waals surface area contributed by atoms with Crippen molar-refractivity contribution in [3.05, 3.63) is 0 Å². The van der Waals surface area contributed by atoms with Gasteiger partial charge in [-0.25, -0.2) is 0 Å². The van der Waals surface area contributed by atoms with Gasteiger partial charge in [-0.3, -0.25) is 4.79 Å². The van der Waals surface area contributed by atoms with Crippen LogP contribution in [0.2, 0.25) is 0 Å². The number of rotatable bonds is 3. The van der Waals surface area contributed by atoms with Crippen LogP contribution in [-0.4, -0.2) is 18.5 Å². The first kappa shape index (κ1) is 11.5. The van der Waals surface area contributed by atoms with E-state index < -0.39 is 0 Å². The predicted octanol–water partition coefficient (Wildman–Crippen LogP) is 1.28. The fourth-order valence-corrected chi connectivity index (χ4v) is 2.00. The van der Waals surface area contributed by atoms with E-state index in [4.69, 9.17) is 5.73 Å². The van der Waals surface area contributed by atoms with Crippen molar-refractivity contribution in [3.8, 4) is 0 Å². The maximum atomic E-state index is 11.1. The van der Waals surface area contributed by atoms with Gasteiger partial charge in [-0.1, -0.05) is 20.8 Å². The topological polar surface area (TPSA) is 55.1 Å². The lowest BCUT2D eigenvalue weighted by Crippen LogP contribution is -2.35. The third-order valence-electron chi connectivity index (χ3n) is 2.92. The summed E-state index contributed by atoms with van der Waals surface area (Å²) >= 11 is 0. The second kappa shape index (κ2) is 4.30. The Hall–Kier alpha value is -0.570. The van der Waals surface area contributed by atoms with Crippen LogP contribution in [0.15, 0.2) is 0 Å². The average molecular weight is 198 g/mol. The zero-order valence-electron chi connectivity index (χ0n) is 9.47. The quantitative estimate of drug-likeness (QED) is 0.717. The first-order valence-electron chi connectivity index (χ1n) is 5.43. The van der Waals surface area contributed by atoms with Gasteiger partial charge in [-0.15, -0.1) is 0 Å². The molecule has 3 N–H and O–H groups in total. The molecular formula is C11H22N2O. The van der Waals surface area contributed by atoms with Crippen molar-refractivity contribution >= 4 is 5.91 Å². The fourth-order valence-electron chi connectivity index (χ4n) is 2.00. The molecule has 0 saturated carbocycles. The number of nitrogens with one attached hydrogen (secondary N) is 1. The van der Waals surface area contributed by atoms with Crippen LogP contribution in [0.3, 0.4) is 0 Å². The molecule has 1 amide bonds. The molecule has 3 heteroatoms. The summed E-state index contributed by atoms with van der Waals surface area (Å²) in [6.07, 6.45) is 3.09. The molecule has 1 fully saturated rings. The Kier molecular flexibility index (Phi) is 3.53. The predicted molar refractivity (Wildman–Crippen MR) is 57.8 cm³/mol. The third-order valence-corrected chi connectivity index (χ3v) is 2.92. The molecule has 0 aromatic rings. The summed E-state index contributed by atoms with van der Waals surface area (Å²) in [7, 11) is 0.